The average molecular weight is 268 g/mol. The molecule has 0 aromatic heterocycles. The van der Waals surface area contributed by atoms with Crippen LogP contribution in [-0.4, -0.2) is 12.6 Å². The Kier molecular flexibility index (Phi) is 3.81. The number of halogens is 1. The zero-order valence-electron chi connectivity index (χ0n) is 9.17. The van der Waals surface area contributed by atoms with Gasteiger partial charge in [0.25, 0.3) is 0 Å². The summed E-state index contributed by atoms with van der Waals surface area (Å²) in [6, 6.07) is 9.45. The van der Waals surface area contributed by atoms with Gasteiger partial charge in [-0.15, -0.1) is 0 Å². The van der Waals surface area contributed by atoms with Gasteiger partial charge in [0.15, 0.2) is 0 Å². The van der Waals surface area contributed by atoms with Crippen LogP contribution in [0.15, 0.2) is 28.7 Å². The zero-order chi connectivity index (χ0) is 10.7. The standard InChI is InChI=1S/C13H18BrN/c1-10(9-15-13-3-2-4-13)11-5-7-12(14)8-6-11/h5-8,10,13,15H,2-4,9H2,1H3. The molecule has 1 saturated carbocycles. The van der Waals surface area contributed by atoms with Crippen molar-refractivity contribution in [3.8, 4) is 0 Å². The Balaban J connectivity index is 1.83. The van der Waals surface area contributed by atoms with Crippen molar-refractivity contribution in [3.63, 3.8) is 0 Å². The average Bonchev–Trinajstić information content (AvgIpc) is 2.16. The highest BCUT2D eigenvalue weighted by molar-refractivity contribution is 9.10. The normalized spacial score (nSPS) is 18.5. The minimum absolute atomic E-state index is 0.610. The minimum atomic E-state index is 0.610. The van der Waals surface area contributed by atoms with Gasteiger partial charge in [0.05, 0.1) is 0 Å². The second-order valence-corrected chi connectivity index (χ2v) is 5.40. The highest BCUT2D eigenvalue weighted by Gasteiger charge is 2.17. The van der Waals surface area contributed by atoms with Gasteiger partial charge in [-0.05, 0) is 36.5 Å². The lowest BCUT2D eigenvalue weighted by atomic mass is 9.92. The molecule has 1 N–H and O–H groups in total. The monoisotopic (exact) mass is 267 g/mol. The third-order valence-corrected chi connectivity index (χ3v) is 3.79. The third-order valence-electron chi connectivity index (χ3n) is 3.26. The summed E-state index contributed by atoms with van der Waals surface area (Å²) >= 11 is 3.46. The molecule has 0 aliphatic heterocycles. The molecule has 0 radical (unpaired) electrons. The predicted octanol–water partition coefficient (Wildman–Crippen LogP) is 3.69. The van der Waals surface area contributed by atoms with E-state index in [1.807, 2.05) is 0 Å². The number of nitrogens with one attached hydrogen (secondary N) is 1. The maximum atomic E-state index is 3.62. The first-order valence-corrected chi connectivity index (χ1v) is 6.54. The lowest BCUT2D eigenvalue weighted by molar-refractivity contribution is 0.334. The summed E-state index contributed by atoms with van der Waals surface area (Å²) in [4.78, 5) is 0. The molecule has 1 atom stereocenters. The molecule has 1 fully saturated rings. The fourth-order valence-corrected chi connectivity index (χ4v) is 2.13. The third kappa shape index (κ3) is 3.05. The van der Waals surface area contributed by atoms with Gasteiger partial charge in [0.2, 0.25) is 0 Å². The molecule has 1 aromatic rings. The Morgan fingerprint density at radius 2 is 2.00 bits per heavy atom. The van der Waals surface area contributed by atoms with E-state index in [9.17, 15) is 0 Å². The summed E-state index contributed by atoms with van der Waals surface area (Å²) in [5, 5.41) is 3.62. The van der Waals surface area contributed by atoms with Crippen molar-refractivity contribution < 1.29 is 0 Å². The molecular formula is C13H18BrN. The molecule has 0 heterocycles. The Labute approximate surface area is 100 Å². The molecule has 0 spiro atoms. The van der Waals surface area contributed by atoms with Crippen LogP contribution in [-0.2, 0) is 0 Å². The molecular weight excluding hydrogens is 250 g/mol. The topological polar surface area (TPSA) is 12.0 Å². The van der Waals surface area contributed by atoms with Crippen molar-refractivity contribution >= 4 is 15.9 Å². The fourth-order valence-electron chi connectivity index (χ4n) is 1.86. The zero-order valence-corrected chi connectivity index (χ0v) is 10.8. The second kappa shape index (κ2) is 5.13. The van der Waals surface area contributed by atoms with E-state index in [0.29, 0.717) is 5.92 Å². The van der Waals surface area contributed by atoms with Crippen molar-refractivity contribution in [2.45, 2.75) is 38.1 Å². The number of hydrogen-bond acceptors (Lipinski definition) is 1. The Bertz CT molecular complexity index is 303. The van der Waals surface area contributed by atoms with Crippen molar-refractivity contribution in [3.05, 3.63) is 34.3 Å². The Morgan fingerprint density at radius 3 is 2.53 bits per heavy atom. The summed E-state index contributed by atoms with van der Waals surface area (Å²) in [7, 11) is 0. The van der Waals surface area contributed by atoms with Crippen molar-refractivity contribution in [1.29, 1.82) is 0 Å². The summed E-state index contributed by atoms with van der Waals surface area (Å²) in [6.45, 7) is 3.39. The maximum absolute atomic E-state index is 3.62. The molecule has 82 valence electrons. The van der Waals surface area contributed by atoms with E-state index < -0.39 is 0 Å². The second-order valence-electron chi connectivity index (χ2n) is 4.49. The van der Waals surface area contributed by atoms with E-state index in [-0.39, 0.29) is 0 Å². The number of hydrogen-bond donors (Lipinski definition) is 1. The van der Waals surface area contributed by atoms with Crippen LogP contribution < -0.4 is 5.32 Å². The van der Waals surface area contributed by atoms with E-state index in [1.54, 1.807) is 0 Å². The predicted molar refractivity (Wildman–Crippen MR) is 68.2 cm³/mol. The molecule has 0 bridgehead atoms. The number of rotatable bonds is 4. The molecule has 2 heteroatoms. The quantitative estimate of drug-likeness (QED) is 0.878. The van der Waals surface area contributed by atoms with Crippen LogP contribution >= 0.6 is 15.9 Å². The van der Waals surface area contributed by atoms with Crippen LogP contribution in [0.4, 0.5) is 0 Å². The Hall–Kier alpha value is -0.340. The SMILES string of the molecule is CC(CNC1CCC1)c1ccc(Br)cc1. The van der Waals surface area contributed by atoms with Crippen molar-refractivity contribution in [1.82, 2.24) is 5.32 Å². The minimum Gasteiger partial charge on any atom is -0.313 e. The van der Waals surface area contributed by atoms with Crippen LogP contribution in [0, 0.1) is 0 Å². The molecule has 1 aliphatic rings. The van der Waals surface area contributed by atoms with Gasteiger partial charge >= 0.3 is 0 Å². The van der Waals surface area contributed by atoms with Crippen LogP contribution in [0.2, 0.25) is 0 Å². The first-order chi connectivity index (χ1) is 7.25. The van der Waals surface area contributed by atoms with Crippen molar-refractivity contribution in [2.24, 2.45) is 0 Å². The van der Waals surface area contributed by atoms with Crippen LogP contribution in [0.3, 0.4) is 0 Å². The first-order valence-electron chi connectivity index (χ1n) is 5.74. The Morgan fingerprint density at radius 1 is 1.33 bits per heavy atom. The summed E-state index contributed by atoms with van der Waals surface area (Å²) in [6.07, 6.45) is 4.14. The van der Waals surface area contributed by atoms with E-state index in [2.05, 4.69) is 52.4 Å². The lowest BCUT2D eigenvalue weighted by Crippen LogP contribution is -2.37. The maximum Gasteiger partial charge on any atom is 0.0175 e. The molecule has 0 saturated heterocycles. The molecule has 2 rings (SSSR count). The van der Waals surface area contributed by atoms with Gasteiger partial charge in [-0.25, -0.2) is 0 Å². The van der Waals surface area contributed by atoms with Crippen LogP contribution in [0.25, 0.3) is 0 Å². The van der Waals surface area contributed by atoms with Gasteiger partial charge < -0.3 is 5.32 Å². The highest BCUT2D eigenvalue weighted by Crippen LogP contribution is 2.21. The van der Waals surface area contributed by atoms with E-state index in [1.165, 1.54) is 24.8 Å². The molecule has 1 unspecified atom stereocenters. The molecule has 0 amide bonds. The summed E-state index contributed by atoms with van der Waals surface area (Å²) in [5.41, 5.74) is 1.42. The van der Waals surface area contributed by atoms with Crippen molar-refractivity contribution in [2.75, 3.05) is 6.54 Å². The molecule has 1 aliphatic carbocycles. The summed E-state index contributed by atoms with van der Waals surface area (Å²) < 4.78 is 1.16. The summed E-state index contributed by atoms with van der Waals surface area (Å²) in [5.74, 6) is 0.610. The molecule has 1 nitrogen and oxygen atoms in total. The first kappa shape index (κ1) is 11.2. The molecule has 15 heavy (non-hydrogen) atoms. The van der Waals surface area contributed by atoms with E-state index >= 15 is 0 Å². The number of benzene rings is 1. The largest absolute Gasteiger partial charge is 0.313 e. The van der Waals surface area contributed by atoms with Gasteiger partial charge in [0.1, 0.15) is 0 Å². The fraction of sp³-hybridized carbons (Fsp3) is 0.538. The van der Waals surface area contributed by atoms with E-state index in [4.69, 9.17) is 0 Å². The van der Waals surface area contributed by atoms with Crippen LogP contribution in [0.1, 0.15) is 37.7 Å². The van der Waals surface area contributed by atoms with Crippen LogP contribution in [0.5, 0.6) is 0 Å². The highest BCUT2D eigenvalue weighted by atomic mass is 79.9. The van der Waals surface area contributed by atoms with Gasteiger partial charge in [-0.3, -0.25) is 0 Å². The van der Waals surface area contributed by atoms with E-state index in [0.717, 1.165) is 17.1 Å². The molecule has 1 aromatic carbocycles. The van der Waals surface area contributed by atoms with Gasteiger partial charge in [-0.1, -0.05) is 41.4 Å². The lowest BCUT2D eigenvalue weighted by Gasteiger charge is -2.28. The van der Waals surface area contributed by atoms with Gasteiger partial charge in [0, 0.05) is 17.1 Å². The van der Waals surface area contributed by atoms with Gasteiger partial charge in [-0.2, -0.15) is 0 Å². The smallest absolute Gasteiger partial charge is 0.0175 e.